The molecule has 0 saturated carbocycles. The van der Waals surface area contributed by atoms with Crippen molar-refractivity contribution in [3.63, 3.8) is 0 Å². The molecule has 0 radical (unpaired) electrons. The fraction of sp³-hybridized carbons (Fsp3) is 0.294. The first-order valence-electron chi connectivity index (χ1n) is 6.64. The number of benzene rings is 2. The van der Waals surface area contributed by atoms with E-state index in [1.165, 1.54) is 16.7 Å². The number of nitrogens with one attached hydrogen (secondary N) is 1. The van der Waals surface area contributed by atoms with Gasteiger partial charge in [0.15, 0.2) is 0 Å². The van der Waals surface area contributed by atoms with Crippen LogP contribution in [-0.4, -0.2) is 14.2 Å². The van der Waals surface area contributed by atoms with Crippen LogP contribution in [0, 0.1) is 13.8 Å². The third-order valence-corrected chi connectivity index (χ3v) is 4.12. The van der Waals surface area contributed by atoms with Crippen LogP contribution in [0.15, 0.2) is 40.9 Å². The predicted octanol–water partition coefficient (Wildman–Crippen LogP) is 4.38. The van der Waals surface area contributed by atoms with E-state index in [-0.39, 0.29) is 6.04 Å². The van der Waals surface area contributed by atoms with Crippen molar-refractivity contribution in [2.24, 2.45) is 0 Å². The molecule has 0 amide bonds. The SMILES string of the molecule is CNC(c1ccc(Br)cc1)c1cc(C)c(OC)cc1C. The van der Waals surface area contributed by atoms with Crippen LogP contribution < -0.4 is 10.1 Å². The minimum atomic E-state index is 0.188. The van der Waals surface area contributed by atoms with Crippen LogP contribution in [0.2, 0.25) is 0 Å². The van der Waals surface area contributed by atoms with E-state index in [1.54, 1.807) is 7.11 Å². The van der Waals surface area contributed by atoms with E-state index in [0.717, 1.165) is 15.8 Å². The molecule has 0 heterocycles. The quantitative estimate of drug-likeness (QED) is 0.896. The predicted molar refractivity (Wildman–Crippen MR) is 87.5 cm³/mol. The molecule has 2 nitrogen and oxygen atoms in total. The number of halogens is 1. The zero-order chi connectivity index (χ0) is 14.7. The Hall–Kier alpha value is -1.32. The summed E-state index contributed by atoms with van der Waals surface area (Å²) in [6, 6.07) is 12.9. The highest BCUT2D eigenvalue weighted by molar-refractivity contribution is 9.10. The van der Waals surface area contributed by atoms with Crippen molar-refractivity contribution in [2.75, 3.05) is 14.2 Å². The summed E-state index contributed by atoms with van der Waals surface area (Å²) in [5, 5.41) is 3.40. The smallest absolute Gasteiger partial charge is 0.122 e. The van der Waals surface area contributed by atoms with Crippen LogP contribution in [-0.2, 0) is 0 Å². The van der Waals surface area contributed by atoms with Crippen molar-refractivity contribution in [3.05, 3.63) is 63.1 Å². The maximum absolute atomic E-state index is 5.39. The lowest BCUT2D eigenvalue weighted by Crippen LogP contribution is -2.19. The van der Waals surface area contributed by atoms with Gasteiger partial charge in [0, 0.05) is 4.47 Å². The van der Waals surface area contributed by atoms with Gasteiger partial charge in [-0.2, -0.15) is 0 Å². The summed E-state index contributed by atoms with van der Waals surface area (Å²) in [5.41, 5.74) is 4.93. The Labute approximate surface area is 129 Å². The van der Waals surface area contributed by atoms with Crippen LogP contribution in [0.4, 0.5) is 0 Å². The third kappa shape index (κ3) is 3.05. The van der Waals surface area contributed by atoms with Crippen LogP contribution in [0.1, 0.15) is 28.3 Å². The lowest BCUT2D eigenvalue weighted by atomic mass is 9.93. The van der Waals surface area contributed by atoms with Crippen molar-refractivity contribution in [1.82, 2.24) is 5.32 Å². The van der Waals surface area contributed by atoms with E-state index >= 15 is 0 Å². The number of hydrogen-bond donors (Lipinski definition) is 1. The van der Waals surface area contributed by atoms with Crippen LogP contribution in [0.3, 0.4) is 0 Å². The van der Waals surface area contributed by atoms with E-state index in [4.69, 9.17) is 4.74 Å². The second-order valence-electron chi connectivity index (χ2n) is 4.95. The van der Waals surface area contributed by atoms with E-state index < -0.39 is 0 Å². The summed E-state index contributed by atoms with van der Waals surface area (Å²) in [6.45, 7) is 4.20. The lowest BCUT2D eigenvalue weighted by molar-refractivity contribution is 0.411. The molecular formula is C17H20BrNO. The van der Waals surface area contributed by atoms with Gasteiger partial charge in [0.05, 0.1) is 13.2 Å². The Balaban J connectivity index is 2.46. The molecule has 2 rings (SSSR count). The summed E-state index contributed by atoms with van der Waals surface area (Å²) in [4.78, 5) is 0. The molecule has 0 aliphatic carbocycles. The second-order valence-corrected chi connectivity index (χ2v) is 5.87. The summed E-state index contributed by atoms with van der Waals surface area (Å²) in [5.74, 6) is 0.942. The monoisotopic (exact) mass is 333 g/mol. The topological polar surface area (TPSA) is 21.3 Å². The van der Waals surface area contributed by atoms with Crippen molar-refractivity contribution in [3.8, 4) is 5.75 Å². The van der Waals surface area contributed by atoms with Crippen molar-refractivity contribution in [1.29, 1.82) is 0 Å². The molecule has 3 heteroatoms. The molecule has 106 valence electrons. The van der Waals surface area contributed by atoms with Gasteiger partial charge in [-0.1, -0.05) is 34.1 Å². The zero-order valence-electron chi connectivity index (χ0n) is 12.3. The fourth-order valence-electron chi connectivity index (χ4n) is 2.50. The summed E-state index contributed by atoms with van der Waals surface area (Å²) in [7, 11) is 3.71. The molecule has 0 bridgehead atoms. The molecule has 0 saturated heterocycles. The molecular weight excluding hydrogens is 314 g/mol. The average Bonchev–Trinajstić information content (AvgIpc) is 2.45. The molecule has 0 aromatic heterocycles. The molecule has 0 spiro atoms. The standard InChI is InChI=1S/C17H20BrNO/c1-11-10-16(20-4)12(2)9-15(11)17(19-3)13-5-7-14(18)8-6-13/h5-10,17,19H,1-4H3. The van der Waals surface area contributed by atoms with Gasteiger partial charge in [-0.05, 0) is 61.3 Å². The Morgan fingerprint density at radius 3 is 2.25 bits per heavy atom. The van der Waals surface area contributed by atoms with Gasteiger partial charge in [0.25, 0.3) is 0 Å². The number of ether oxygens (including phenoxy) is 1. The molecule has 20 heavy (non-hydrogen) atoms. The van der Waals surface area contributed by atoms with Gasteiger partial charge in [-0.15, -0.1) is 0 Å². The summed E-state index contributed by atoms with van der Waals surface area (Å²) >= 11 is 3.48. The summed E-state index contributed by atoms with van der Waals surface area (Å²) < 4.78 is 6.49. The fourth-order valence-corrected chi connectivity index (χ4v) is 2.76. The van der Waals surface area contributed by atoms with Crippen LogP contribution >= 0.6 is 15.9 Å². The van der Waals surface area contributed by atoms with E-state index in [9.17, 15) is 0 Å². The van der Waals surface area contributed by atoms with E-state index in [0.29, 0.717) is 0 Å². The average molecular weight is 334 g/mol. The van der Waals surface area contributed by atoms with Crippen molar-refractivity contribution >= 4 is 15.9 Å². The number of rotatable bonds is 4. The Bertz CT molecular complexity index is 593. The second kappa shape index (κ2) is 6.42. The summed E-state index contributed by atoms with van der Waals surface area (Å²) in [6.07, 6.45) is 0. The largest absolute Gasteiger partial charge is 0.496 e. The minimum absolute atomic E-state index is 0.188. The first kappa shape index (κ1) is 15.1. The molecule has 1 atom stereocenters. The van der Waals surface area contributed by atoms with Gasteiger partial charge in [0.1, 0.15) is 5.75 Å². The van der Waals surface area contributed by atoms with Gasteiger partial charge >= 0.3 is 0 Å². The van der Waals surface area contributed by atoms with Gasteiger partial charge in [-0.3, -0.25) is 0 Å². The molecule has 2 aromatic rings. The first-order chi connectivity index (χ1) is 9.56. The van der Waals surface area contributed by atoms with Crippen molar-refractivity contribution < 1.29 is 4.74 Å². The van der Waals surface area contributed by atoms with E-state index in [2.05, 4.69) is 71.5 Å². The third-order valence-electron chi connectivity index (χ3n) is 3.59. The van der Waals surface area contributed by atoms with Crippen LogP contribution in [0.25, 0.3) is 0 Å². The number of methoxy groups -OCH3 is 1. The Morgan fingerprint density at radius 2 is 1.70 bits per heavy atom. The highest BCUT2D eigenvalue weighted by atomic mass is 79.9. The molecule has 0 fully saturated rings. The minimum Gasteiger partial charge on any atom is -0.496 e. The molecule has 1 N–H and O–H groups in total. The molecule has 0 aliphatic rings. The Morgan fingerprint density at radius 1 is 1.05 bits per heavy atom. The molecule has 1 unspecified atom stereocenters. The maximum atomic E-state index is 5.39. The maximum Gasteiger partial charge on any atom is 0.122 e. The Kier molecular flexibility index (Phi) is 4.84. The first-order valence-corrected chi connectivity index (χ1v) is 7.44. The highest BCUT2D eigenvalue weighted by Crippen LogP contribution is 2.30. The lowest BCUT2D eigenvalue weighted by Gasteiger charge is -2.21. The van der Waals surface area contributed by atoms with Gasteiger partial charge in [0.2, 0.25) is 0 Å². The van der Waals surface area contributed by atoms with Crippen LogP contribution in [0.5, 0.6) is 5.75 Å². The number of hydrogen-bond acceptors (Lipinski definition) is 2. The highest BCUT2D eigenvalue weighted by Gasteiger charge is 2.16. The van der Waals surface area contributed by atoms with Gasteiger partial charge < -0.3 is 10.1 Å². The normalized spacial score (nSPS) is 12.2. The van der Waals surface area contributed by atoms with Gasteiger partial charge in [-0.25, -0.2) is 0 Å². The number of aryl methyl sites for hydroxylation is 2. The van der Waals surface area contributed by atoms with Crippen molar-refractivity contribution in [2.45, 2.75) is 19.9 Å². The molecule has 2 aromatic carbocycles. The zero-order valence-corrected chi connectivity index (χ0v) is 13.9. The molecule has 0 aliphatic heterocycles. The van der Waals surface area contributed by atoms with E-state index in [1.807, 2.05) is 7.05 Å².